The molecular weight excluding hydrogens is 268 g/mol. The molecule has 122 valence electrons. The topological polar surface area (TPSA) is 15.3 Å². The lowest BCUT2D eigenvalue weighted by atomic mass is 9.84. The highest BCUT2D eigenvalue weighted by atomic mass is 15.2. The Bertz CT molecular complexity index is 436. The number of rotatable bonds is 5. The largest absolute Gasteiger partial charge is 0.309 e. The molecule has 1 aromatic rings. The van der Waals surface area contributed by atoms with Gasteiger partial charge in [-0.15, -0.1) is 0 Å². The SMILES string of the molecule is CC(C)C1CC(NCc2ccccc2)CN(C2CCCC2)C1. The Morgan fingerprint density at radius 2 is 1.82 bits per heavy atom. The van der Waals surface area contributed by atoms with Gasteiger partial charge in [-0.1, -0.05) is 57.0 Å². The van der Waals surface area contributed by atoms with Gasteiger partial charge in [0, 0.05) is 31.7 Å². The van der Waals surface area contributed by atoms with Crippen LogP contribution in [0, 0.1) is 11.8 Å². The highest BCUT2D eigenvalue weighted by molar-refractivity contribution is 5.14. The van der Waals surface area contributed by atoms with Gasteiger partial charge in [0.15, 0.2) is 0 Å². The van der Waals surface area contributed by atoms with E-state index in [1.54, 1.807) is 0 Å². The second-order valence-electron chi connectivity index (χ2n) is 7.70. The standard InChI is InChI=1S/C20H32N2/c1-16(2)18-12-19(21-13-17-8-4-3-5-9-17)15-22(14-18)20-10-6-7-11-20/h3-5,8-9,16,18-21H,6-7,10-15H2,1-2H3. The van der Waals surface area contributed by atoms with Crippen LogP contribution >= 0.6 is 0 Å². The fourth-order valence-electron chi connectivity index (χ4n) is 4.23. The van der Waals surface area contributed by atoms with Crippen molar-refractivity contribution in [2.24, 2.45) is 11.8 Å². The molecule has 0 radical (unpaired) electrons. The third-order valence-corrected chi connectivity index (χ3v) is 5.73. The van der Waals surface area contributed by atoms with Crippen LogP contribution in [0.25, 0.3) is 0 Å². The van der Waals surface area contributed by atoms with Gasteiger partial charge in [0.05, 0.1) is 0 Å². The minimum absolute atomic E-state index is 0.655. The normalized spacial score (nSPS) is 27.6. The summed E-state index contributed by atoms with van der Waals surface area (Å²) in [5, 5.41) is 3.83. The van der Waals surface area contributed by atoms with Gasteiger partial charge in [0.2, 0.25) is 0 Å². The van der Waals surface area contributed by atoms with E-state index >= 15 is 0 Å². The minimum Gasteiger partial charge on any atom is -0.309 e. The van der Waals surface area contributed by atoms with Crippen molar-refractivity contribution in [3.05, 3.63) is 35.9 Å². The zero-order chi connectivity index (χ0) is 15.4. The van der Waals surface area contributed by atoms with Crippen molar-refractivity contribution in [2.75, 3.05) is 13.1 Å². The summed E-state index contributed by atoms with van der Waals surface area (Å²) in [5.74, 6) is 1.65. The summed E-state index contributed by atoms with van der Waals surface area (Å²) in [7, 11) is 0. The van der Waals surface area contributed by atoms with Gasteiger partial charge in [-0.2, -0.15) is 0 Å². The molecule has 22 heavy (non-hydrogen) atoms. The number of nitrogens with one attached hydrogen (secondary N) is 1. The van der Waals surface area contributed by atoms with Gasteiger partial charge < -0.3 is 5.32 Å². The van der Waals surface area contributed by atoms with Crippen molar-refractivity contribution in [3.63, 3.8) is 0 Å². The molecule has 1 N–H and O–H groups in total. The van der Waals surface area contributed by atoms with E-state index in [1.165, 1.54) is 50.8 Å². The Labute approximate surface area is 136 Å². The predicted octanol–water partition coefficient (Wildman–Crippen LogP) is 4.07. The third-order valence-electron chi connectivity index (χ3n) is 5.73. The molecule has 2 heteroatoms. The monoisotopic (exact) mass is 300 g/mol. The molecule has 0 aromatic heterocycles. The van der Waals surface area contributed by atoms with Crippen molar-refractivity contribution in [1.29, 1.82) is 0 Å². The maximum absolute atomic E-state index is 3.83. The van der Waals surface area contributed by atoms with Crippen LogP contribution in [0.4, 0.5) is 0 Å². The Kier molecular flexibility index (Phi) is 5.54. The average Bonchev–Trinajstić information content (AvgIpc) is 3.08. The van der Waals surface area contributed by atoms with Crippen LogP contribution in [0.15, 0.2) is 30.3 Å². The van der Waals surface area contributed by atoms with Crippen LogP contribution in [0.5, 0.6) is 0 Å². The molecule has 1 aliphatic carbocycles. The summed E-state index contributed by atoms with van der Waals surface area (Å²) in [5.41, 5.74) is 1.40. The molecule has 1 aromatic carbocycles. The van der Waals surface area contributed by atoms with E-state index in [9.17, 15) is 0 Å². The fraction of sp³-hybridized carbons (Fsp3) is 0.700. The van der Waals surface area contributed by atoms with Crippen molar-refractivity contribution >= 4 is 0 Å². The molecule has 2 atom stereocenters. The Morgan fingerprint density at radius 3 is 2.50 bits per heavy atom. The first-order valence-corrected chi connectivity index (χ1v) is 9.23. The van der Waals surface area contributed by atoms with Crippen LogP contribution < -0.4 is 5.32 Å². The molecule has 1 heterocycles. The van der Waals surface area contributed by atoms with E-state index in [1.807, 2.05) is 0 Å². The van der Waals surface area contributed by atoms with Gasteiger partial charge in [0.1, 0.15) is 0 Å². The molecule has 3 rings (SSSR count). The molecule has 2 aliphatic rings. The second kappa shape index (κ2) is 7.61. The first kappa shape index (κ1) is 16.0. The minimum atomic E-state index is 0.655. The molecule has 0 bridgehead atoms. The summed E-state index contributed by atoms with van der Waals surface area (Å²) < 4.78 is 0. The zero-order valence-corrected chi connectivity index (χ0v) is 14.3. The summed E-state index contributed by atoms with van der Waals surface area (Å²) in [6.45, 7) is 8.38. The maximum atomic E-state index is 3.83. The maximum Gasteiger partial charge on any atom is 0.0208 e. The number of piperidine rings is 1. The second-order valence-corrected chi connectivity index (χ2v) is 7.70. The third kappa shape index (κ3) is 4.11. The van der Waals surface area contributed by atoms with Crippen molar-refractivity contribution in [1.82, 2.24) is 10.2 Å². The van der Waals surface area contributed by atoms with Crippen LogP contribution in [-0.2, 0) is 6.54 Å². The molecule has 1 saturated carbocycles. The predicted molar refractivity (Wildman–Crippen MR) is 93.8 cm³/mol. The smallest absolute Gasteiger partial charge is 0.0208 e. The molecule has 2 fully saturated rings. The number of hydrogen-bond acceptors (Lipinski definition) is 2. The number of hydrogen-bond donors (Lipinski definition) is 1. The molecule has 1 saturated heterocycles. The lowest BCUT2D eigenvalue weighted by molar-refractivity contribution is 0.0795. The Balaban J connectivity index is 1.59. The van der Waals surface area contributed by atoms with Crippen LogP contribution in [0.1, 0.15) is 51.5 Å². The molecule has 2 nitrogen and oxygen atoms in total. The fourth-order valence-corrected chi connectivity index (χ4v) is 4.23. The van der Waals surface area contributed by atoms with Crippen LogP contribution in [0.3, 0.4) is 0 Å². The van der Waals surface area contributed by atoms with Gasteiger partial charge in [-0.25, -0.2) is 0 Å². The number of benzene rings is 1. The molecular formula is C20H32N2. The molecule has 0 amide bonds. The van der Waals surface area contributed by atoms with Gasteiger partial charge in [-0.05, 0) is 36.7 Å². The lowest BCUT2D eigenvalue weighted by Crippen LogP contribution is -2.52. The summed E-state index contributed by atoms with van der Waals surface area (Å²) in [4.78, 5) is 2.81. The summed E-state index contributed by atoms with van der Waals surface area (Å²) in [6, 6.07) is 12.3. The number of likely N-dealkylation sites (tertiary alicyclic amines) is 1. The van der Waals surface area contributed by atoms with Gasteiger partial charge in [-0.3, -0.25) is 4.90 Å². The molecule has 1 aliphatic heterocycles. The first-order chi connectivity index (χ1) is 10.7. The van der Waals surface area contributed by atoms with E-state index in [-0.39, 0.29) is 0 Å². The van der Waals surface area contributed by atoms with Crippen LogP contribution in [-0.4, -0.2) is 30.1 Å². The van der Waals surface area contributed by atoms with Gasteiger partial charge >= 0.3 is 0 Å². The van der Waals surface area contributed by atoms with E-state index in [4.69, 9.17) is 0 Å². The number of nitrogens with zero attached hydrogens (tertiary/aromatic N) is 1. The average molecular weight is 300 g/mol. The Morgan fingerprint density at radius 1 is 1.09 bits per heavy atom. The van der Waals surface area contributed by atoms with Crippen molar-refractivity contribution in [3.8, 4) is 0 Å². The van der Waals surface area contributed by atoms with Gasteiger partial charge in [0.25, 0.3) is 0 Å². The van der Waals surface area contributed by atoms with E-state index in [2.05, 4.69) is 54.4 Å². The Hall–Kier alpha value is -0.860. The zero-order valence-electron chi connectivity index (χ0n) is 14.3. The van der Waals surface area contributed by atoms with Crippen molar-refractivity contribution < 1.29 is 0 Å². The molecule has 2 unspecified atom stereocenters. The van der Waals surface area contributed by atoms with E-state index in [0.29, 0.717) is 6.04 Å². The highest BCUT2D eigenvalue weighted by Gasteiger charge is 2.33. The quantitative estimate of drug-likeness (QED) is 0.882. The van der Waals surface area contributed by atoms with E-state index in [0.717, 1.165) is 24.4 Å². The van der Waals surface area contributed by atoms with Crippen molar-refractivity contribution in [2.45, 2.75) is 64.6 Å². The summed E-state index contributed by atoms with van der Waals surface area (Å²) in [6.07, 6.45) is 7.07. The first-order valence-electron chi connectivity index (χ1n) is 9.23. The van der Waals surface area contributed by atoms with E-state index < -0.39 is 0 Å². The lowest BCUT2D eigenvalue weighted by Gasteiger charge is -2.42. The molecule has 0 spiro atoms. The summed E-state index contributed by atoms with van der Waals surface area (Å²) >= 11 is 0. The highest BCUT2D eigenvalue weighted by Crippen LogP contribution is 2.30. The van der Waals surface area contributed by atoms with Crippen LogP contribution in [0.2, 0.25) is 0 Å².